The third kappa shape index (κ3) is 3.77. The Balaban J connectivity index is 1.41. The summed E-state index contributed by atoms with van der Waals surface area (Å²) < 4.78 is 14.0. The molecule has 1 aliphatic rings. The number of nitrogens with zero attached hydrogens (tertiary/aromatic N) is 7. The highest BCUT2D eigenvalue weighted by Crippen LogP contribution is 2.30. The van der Waals surface area contributed by atoms with Crippen LogP contribution in [0.2, 0.25) is 0 Å². The molecule has 11 heteroatoms. The summed E-state index contributed by atoms with van der Waals surface area (Å²) in [6.45, 7) is 2.14. The van der Waals surface area contributed by atoms with Gasteiger partial charge in [-0.25, -0.2) is 9.67 Å². The number of pyridine rings is 2. The van der Waals surface area contributed by atoms with Gasteiger partial charge in [-0.05, 0) is 31.5 Å². The van der Waals surface area contributed by atoms with E-state index in [-0.39, 0.29) is 11.4 Å². The topological polar surface area (TPSA) is 122 Å². The fourth-order valence-electron chi connectivity index (χ4n) is 3.84. The van der Waals surface area contributed by atoms with E-state index in [1.807, 2.05) is 12.1 Å². The van der Waals surface area contributed by atoms with E-state index >= 15 is 0 Å². The number of anilines is 1. The lowest BCUT2D eigenvalue weighted by molar-refractivity contribution is 0.102. The van der Waals surface area contributed by atoms with Crippen LogP contribution in [0.5, 0.6) is 11.8 Å². The maximum atomic E-state index is 13.0. The predicted molar refractivity (Wildman–Crippen MR) is 119 cm³/mol. The molecule has 0 bridgehead atoms. The first kappa shape index (κ1) is 20.6. The number of amides is 1. The lowest BCUT2D eigenvalue weighted by atomic mass is 10.2. The van der Waals surface area contributed by atoms with Gasteiger partial charge in [0, 0.05) is 24.7 Å². The van der Waals surface area contributed by atoms with E-state index in [1.54, 1.807) is 30.5 Å². The normalized spacial score (nSPS) is 14.7. The van der Waals surface area contributed by atoms with Crippen molar-refractivity contribution in [3.63, 3.8) is 0 Å². The molecule has 1 atom stereocenters. The standard InChI is InChI=1S/C22H22N8O3/c1-13-10-11-18-26-27-20(30(13)18)15-6-4-7-16(23-15)24-21(31)14-12-29(28-22(14)33-3)17-8-5-9-19(25-17)32-2/h4-9,12-13H,10-11H2,1-3H3,(H,23,24,31)/t13-/m0/s1. The molecule has 33 heavy (non-hydrogen) atoms. The van der Waals surface area contributed by atoms with Crippen molar-refractivity contribution in [3.8, 4) is 29.1 Å². The summed E-state index contributed by atoms with van der Waals surface area (Å²) in [4.78, 5) is 22.0. The van der Waals surface area contributed by atoms with E-state index in [1.165, 1.54) is 18.9 Å². The number of methoxy groups -OCH3 is 2. The van der Waals surface area contributed by atoms with Crippen LogP contribution in [-0.4, -0.2) is 54.6 Å². The Morgan fingerprint density at radius 2 is 1.94 bits per heavy atom. The summed E-state index contributed by atoms with van der Waals surface area (Å²) in [7, 11) is 2.98. The van der Waals surface area contributed by atoms with Crippen molar-refractivity contribution in [2.24, 2.45) is 0 Å². The van der Waals surface area contributed by atoms with E-state index < -0.39 is 5.91 Å². The average molecular weight is 446 g/mol. The van der Waals surface area contributed by atoms with Crippen LogP contribution < -0.4 is 14.8 Å². The Morgan fingerprint density at radius 3 is 2.76 bits per heavy atom. The number of nitrogens with one attached hydrogen (secondary N) is 1. The molecule has 0 unspecified atom stereocenters. The van der Waals surface area contributed by atoms with Gasteiger partial charge in [-0.1, -0.05) is 12.1 Å². The highest BCUT2D eigenvalue weighted by Gasteiger charge is 2.25. The maximum Gasteiger partial charge on any atom is 0.263 e. The maximum absolute atomic E-state index is 13.0. The number of aromatic nitrogens is 7. The Hall–Kier alpha value is -4.28. The van der Waals surface area contributed by atoms with Crippen molar-refractivity contribution in [2.75, 3.05) is 19.5 Å². The van der Waals surface area contributed by atoms with E-state index in [0.29, 0.717) is 35.1 Å². The molecule has 1 amide bonds. The second-order valence-electron chi connectivity index (χ2n) is 7.59. The summed E-state index contributed by atoms with van der Waals surface area (Å²) in [5, 5.41) is 15.7. The van der Waals surface area contributed by atoms with Gasteiger partial charge in [0.25, 0.3) is 5.91 Å². The molecular formula is C22H22N8O3. The highest BCUT2D eigenvalue weighted by atomic mass is 16.5. The second kappa shape index (κ2) is 8.34. The quantitative estimate of drug-likeness (QED) is 0.480. The van der Waals surface area contributed by atoms with Crippen LogP contribution in [0.4, 0.5) is 5.82 Å². The summed E-state index contributed by atoms with van der Waals surface area (Å²) >= 11 is 0. The molecule has 4 aromatic rings. The molecule has 0 fully saturated rings. The molecule has 168 valence electrons. The molecular weight excluding hydrogens is 424 g/mol. The van der Waals surface area contributed by atoms with Crippen LogP contribution in [0.25, 0.3) is 17.3 Å². The highest BCUT2D eigenvalue weighted by molar-refractivity contribution is 6.05. The number of carbonyl (C=O) groups is 1. The van der Waals surface area contributed by atoms with Crippen molar-refractivity contribution >= 4 is 11.7 Å². The van der Waals surface area contributed by atoms with Crippen molar-refractivity contribution in [1.29, 1.82) is 0 Å². The molecule has 1 aliphatic heterocycles. The molecule has 0 spiro atoms. The number of fused-ring (bicyclic) bond motifs is 1. The van der Waals surface area contributed by atoms with Crippen LogP contribution in [0, 0.1) is 0 Å². The molecule has 1 N–H and O–H groups in total. The molecule has 0 saturated carbocycles. The number of hydrogen-bond acceptors (Lipinski definition) is 8. The minimum Gasteiger partial charge on any atom is -0.481 e. The Bertz CT molecular complexity index is 1330. The Morgan fingerprint density at radius 1 is 1.09 bits per heavy atom. The van der Waals surface area contributed by atoms with E-state index in [0.717, 1.165) is 18.7 Å². The molecule has 0 radical (unpaired) electrons. The SMILES string of the molecule is COc1cccc(-n2cc(C(=O)Nc3cccc(-c4nnc5n4[C@@H](C)CC5)n3)c(OC)n2)n1. The molecule has 0 saturated heterocycles. The van der Waals surface area contributed by atoms with Crippen LogP contribution in [0.3, 0.4) is 0 Å². The Labute approximate surface area is 189 Å². The zero-order valence-corrected chi connectivity index (χ0v) is 18.4. The minimum atomic E-state index is -0.412. The number of aryl methyl sites for hydroxylation is 1. The van der Waals surface area contributed by atoms with Crippen molar-refractivity contribution < 1.29 is 14.3 Å². The number of carbonyl (C=O) groups excluding carboxylic acids is 1. The second-order valence-corrected chi connectivity index (χ2v) is 7.59. The molecule has 11 nitrogen and oxygen atoms in total. The molecule has 4 aromatic heterocycles. The number of hydrogen-bond donors (Lipinski definition) is 1. The fourth-order valence-corrected chi connectivity index (χ4v) is 3.84. The first-order valence-corrected chi connectivity index (χ1v) is 10.4. The van der Waals surface area contributed by atoms with Crippen molar-refractivity contribution in [3.05, 3.63) is 54.0 Å². The van der Waals surface area contributed by atoms with Crippen LogP contribution >= 0.6 is 0 Å². The van der Waals surface area contributed by atoms with E-state index in [4.69, 9.17) is 9.47 Å². The lowest BCUT2D eigenvalue weighted by Crippen LogP contribution is -2.14. The van der Waals surface area contributed by atoms with Gasteiger partial charge in [-0.15, -0.1) is 15.3 Å². The molecule has 0 aliphatic carbocycles. The van der Waals surface area contributed by atoms with Crippen molar-refractivity contribution in [1.82, 2.24) is 34.5 Å². The van der Waals surface area contributed by atoms with Gasteiger partial charge in [0.1, 0.15) is 22.9 Å². The summed E-state index contributed by atoms with van der Waals surface area (Å²) in [6, 6.07) is 11.0. The summed E-state index contributed by atoms with van der Waals surface area (Å²) in [5.74, 6) is 2.71. The zero-order valence-electron chi connectivity index (χ0n) is 18.4. The first-order valence-electron chi connectivity index (χ1n) is 10.4. The minimum absolute atomic E-state index is 0.164. The van der Waals surface area contributed by atoms with Gasteiger partial charge in [0.05, 0.1) is 14.2 Å². The summed E-state index contributed by atoms with van der Waals surface area (Å²) in [6.07, 6.45) is 3.48. The van der Waals surface area contributed by atoms with Crippen molar-refractivity contribution in [2.45, 2.75) is 25.8 Å². The molecule has 0 aromatic carbocycles. The molecule has 5 heterocycles. The van der Waals surface area contributed by atoms with Crippen LogP contribution in [0.15, 0.2) is 42.6 Å². The van der Waals surface area contributed by atoms with Crippen LogP contribution in [0.1, 0.15) is 35.6 Å². The number of ether oxygens (including phenoxy) is 2. The van der Waals surface area contributed by atoms with Gasteiger partial charge in [-0.2, -0.15) is 4.98 Å². The van der Waals surface area contributed by atoms with E-state index in [2.05, 4.69) is 42.1 Å². The number of rotatable bonds is 6. The first-order chi connectivity index (χ1) is 16.1. The van der Waals surface area contributed by atoms with E-state index in [9.17, 15) is 4.79 Å². The average Bonchev–Trinajstić information content (AvgIpc) is 3.55. The Kier molecular flexibility index (Phi) is 5.21. The predicted octanol–water partition coefficient (Wildman–Crippen LogP) is 2.70. The summed E-state index contributed by atoms with van der Waals surface area (Å²) in [5.41, 5.74) is 0.884. The zero-order chi connectivity index (χ0) is 22.9. The lowest BCUT2D eigenvalue weighted by Gasteiger charge is -2.10. The monoisotopic (exact) mass is 446 g/mol. The van der Waals surface area contributed by atoms with Gasteiger partial charge in [-0.3, -0.25) is 4.79 Å². The van der Waals surface area contributed by atoms with Gasteiger partial charge >= 0.3 is 0 Å². The van der Waals surface area contributed by atoms with Gasteiger partial charge in [0.2, 0.25) is 11.8 Å². The smallest absolute Gasteiger partial charge is 0.263 e. The third-order valence-electron chi connectivity index (χ3n) is 5.48. The molecule has 5 rings (SSSR count). The fraction of sp³-hybridized carbons (Fsp3) is 0.273. The van der Waals surface area contributed by atoms with Gasteiger partial charge < -0.3 is 19.4 Å². The van der Waals surface area contributed by atoms with Crippen LogP contribution in [-0.2, 0) is 6.42 Å². The largest absolute Gasteiger partial charge is 0.481 e. The third-order valence-corrected chi connectivity index (χ3v) is 5.48. The van der Waals surface area contributed by atoms with Gasteiger partial charge in [0.15, 0.2) is 11.6 Å².